The molecule has 0 atom stereocenters. The number of urea groups is 1. The van der Waals surface area contributed by atoms with Crippen LogP contribution < -0.4 is 15.4 Å². The molecule has 0 aliphatic heterocycles. The Kier molecular flexibility index (Phi) is 4.55. The third-order valence-electron chi connectivity index (χ3n) is 2.74. The lowest BCUT2D eigenvalue weighted by molar-refractivity contribution is 0.251. The van der Waals surface area contributed by atoms with E-state index >= 15 is 0 Å². The predicted octanol–water partition coefficient (Wildman–Crippen LogP) is 2.72. The Hall–Kier alpha value is -2.56. The van der Waals surface area contributed by atoms with E-state index in [9.17, 15) is 4.79 Å². The highest BCUT2D eigenvalue weighted by Gasteiger charge is 2.02. The van der Waals surface area contributed by atoms with Crippen molar-refractivity contribution in [1.82, 2.24) is 10.3 Å². The lowest BCUT2D eigenvalue weighted by Crippen LogP contribution is -2.28. The van der Waals surface area contributed by atoms with Crippen molar-refractivity contribution in [2.45, 2.75) is 13.5 Å². The molecule has 0 unspecified atom stereocenters. The zero-order valence-corrected chi connectivity index (χ0v) is 11.5. The van der Waals surface area contributed by atoms with Gasteiger partial charge in [-0.05, 0) is 30.2 Å². The second-order valence-electron chi connectivity index (χ2n) is 4.39. The number of pyridine rings is 1. The number of benzene rings is 1. The van der Waals surface area contributed by atoms with Crippen molar-refractivity contribution in [2.75, 3.05) is 12.4 Å². The van der Waals surface area contributed by atoms with Gasteiger partial charge in [-0.1, -0.05) is 18.2 Å². The van der Waals surface area contributed by atoms with Gasteiger partial charge in [0, 0.05) is 24.5 Å². The molecule has 1 heterocycles. The maximum absolute atomic E-state index is 11.8. The highest BCUT2D eigenvalue weighted by Crippen LogP contribution is 2.09. The Bertz CT molecular complexity index is 582. The van der Waals surface area contributed by atoms with Crippen LogP contribution in [0.15, 0.2) is 42.6 Å². The highest BCUT2D eigenvalue weighted by molar-refractivity contribution is 5.89. The number of carbonyl (C=O) groups is 1. The van der Waals surface area contributed by atoms with Gasteiger partial charge in [0.25, 0.3) is 0 Å². The molecule has 0 spiro atoms. The first-order valence-electron chi connectivity index (χ1n) is 6.28. The minimum atomic E-state index is -0.244. The monoisotopic (exact) mass is 271 g/mol. The van der Waals surface area contributed by atoms with E-state index in [4.69, 9.17) is 4.74 Å². The number of aryl methyl sites for hydroxylation is 1. The summed E-state index contributed by atoms with van der Waals surface area (Å²) < 4.78 is 4.97. The van der Waals surface area contributed by atoms with Gasteiger partial charge in [-0.3, -0.25) is 0 Å². The average molecular weight is 271 g/mol. The SMILES string of the molecule is COc1ccc(CNC(=O)Nc2cccc(C)c2)cn1. The quantitative estimate of drug-likeness (QED) is 0.898. The molecule has 104 valence electrons. The van der Waals surface area contributed by atoms with Gasteiger partial charge in [0.05, 0.1) is 7.11 Å². The van der Waals surface area contributed by atoms with Crippen LogP contribution in [0.2, 0.25) is 0 Å². The van der Waals surface area contributed by atoms with Crippen LogP contribution in [0.25, 0.3) is 0 Å². The van der Waals surface area contributed by atoms with Gasteiger partial charge >= 0.3 is 6.03 Å². The fourth-order valence-corrected chi connectivity index (χ4v) is 1.72. The van der Waals surface area contributed by atoms with E-state index in [0.717, 1.165) is 16.8 Å². The molecule has 0 bridgehead atoms. The van der Waals surface area contributed by atoms with E-state index in [1.54, 1.807) is 19.4 Å². The number of anilines is 1. The minimum Gasteiger partial charge on any atom is -0.481 e. The average Bonchev–Trinajstić information content (AvgIpc) is 2.46. The van der Waals surface area contributed by atoms with Crippen LogP contribution in [-0.4, -0.2) is 18.1 Å². The summed E-state index contributed by atoms with van der Waals surface area (Å²) in [4.78, 5) is 15.8. The van der Waals surface area contributed by atoms with E-state index in [1.807, 2.05) is 37.3 Å². The predicted molar refractivity (Wildman–Crippen MR) is 77.8 cm³/mol. The number of ether oxygens (including phenoxy) is 1. The standard InChI is InChI=1S/C15H17N3O2/c1-11-4-3-5-13(8-11)18-15(19)17-10-12-6-7-14(20-2)16-9-12/h3-9H,10H2,1-2H3,(H2,17,18,19). The summed E-state index contributed by atoms with van der Waals surface area (Å²) in [5.41, 5.74) is 2.78. The summed E-state index contributed by atoms with van der Waals surface area (Å²) in [5, 5.41) is 5.55. The van der Waals surface area contributed by atoms with Crippen molar-refractivity contribution in [3.8, 4) is 5.88 Å². The highest BCUT2D eigenvalue weighted by atomic mass is 16.5. The maximum Gasteiger partial charge on any atom is 0.319 e. The van der Waals surface area contributed by atoms with Gasteiger partial charge < -0.3 is 15.4 Å². The van der Waals surface area contributed by atoms with Crippen LogP contribution in [0.3, 0.4) is 0 Å². The molecule has 2 N–H and O–H groups in total. The van der Waals surface area contributed by atoms with E-state index < -0.39 is 0 Å². The Morgan fingerprint density at radius 3 is 2.80 bits per heavy atom. The number of methoxy groups -OCH3 is 1. The van der Waals surface area contributed by atoms with Gasteiger partial charge in [0.15, 0.2) is 0 Å². The number of hydrogen-bond acceptors (Lipinski definition) is 3. The molecular weight excluding hydrogens is 254 g/mol. The molecule has 20 heavy (non-hydrogen) atoms. The Morgan fingerprint density at radius 2 is 2.15 bits per heavy atom. The summed E-state index contributed by atoms with van der Waals surface area (Å²) >= 11 is 0. The fraction of sp³-hybridized carbons (Fsp3) is 0.200. The number of carbonyl (C=O) groups excluding carboxylic acids is 1. The first kappa shape index (κ1) is 13.9. The first-order valence-corrected chi connectivity index (χ1v) is 6.28. The summed E-state index contributed by atoms with van der Waals surface area (Å²) in [7, 11) is 1.57. The van der Waals surface area contributed by atoms with Crippen molar-refractivity contribution in [1.29, 1.82) is 0 Å². The van der Waals surface area contributed by atoms with Crippen LogP contribution in [0, 0.1) is 6.92 Å². The Morgan fingerprint density at radius 1 is 1.30 bits per heavy atom. The number of nitrogens with one attached hydrogen (secondary N) is 2. The molecule has 1 aromatic heterocycles. The third-order valence-corrected chi connectivity index (χ3v) is 2.74. The molecule has 0 fully saturated rings. The molecule has 1 aromatic carbocycles. The molecular formula is C15H17N3O2. The van der Waals surface area contributed by atoms with Gasteiger partial charge in [0.2, 0.25) is 5.88 Å². The van der Waals surface area contributed by atoms with Crippen LogP contribution >= 0.6 is 0 Å². The number of rotatable bonds is 4. The van der Waals surface area contributed by atoms with Gasteiger partial charge in [0.1, 0.15) is 0 Å². The molecule has 0 aliphatic carbocycles. The summed E-state index contributed by atoms with van der Waals surface area (Å²) in [6, 6.07) is 11.0. The molecule has 5 heteroatoms. The number of nitrogens with zero attached hydrogens (tertiary/aromatic N) is 1. The van der Waals surface area contributed by atoms with Gasteiger partial charge in [-0.25, -0.2) is 9.78 Å². The normalized spacial score (nSPS) is 9.90. The van der Waals surface area contributed by atoms with Crippen molar-refractivity contribution < 1.29 is 9.53 Å². The van der Waals surface area contributed by atoms with Crippen LogP contribution in [-0.2, 0) is 6.54 Å². The smallest absolute Gasteiger partial charge is 0.319 e. The minimum absolute atomic E-state index is 0.244. The summed E-state index contributed by atoms with van der Waals surface area (Å²) in [6.45, 7) is 2.39. The molecule has 2 aromatic rings. The van der Waals surface area contributed by atoms with Crippen LogP contribution in [0.4, 0.5) is 10.5 Å². The van der Waals surface area contributed by atoms with Crippen molar-refractivity contribution in [2.24, 2.45) is 0 Å². The molecule has 0 aliphatic rings. The second kappa shape index (κ2) is 6.56. The molecule has 5 nitrogen and oxygen atoms in total. The number of amides is 2. The lowest BCUT2D eigenvalue weighted by Gasteiger charge is -2.08. The Balaban J connectivity index is 1.85. The zero-order valence-electron chi connectivity index (χ0n) is 11.5. The van der Waals surface area contributed by atoms with Gasteiger partial charge in [-0.2, -0.15) is 0 Å². The van der Waals surface area contributed by atoms with E-state index in [2.05, 4.69) is 15.6 Å². The molecule has 2 rings (SSSR count). The second-order valence-corrected chi connectivity index (χ2v) is 4.39. The van der Waals surface area contributed by atoms with Crippen LogP contribution in [0.5, 0.6) is 5.88 Å². The molecule has 2 amide bonds. The number of hydrogen-bond donors (Lipinski definition) is 2. The van der Waals surface area contributed by atoms with Gasteiger partial charge in [-0.15, -0.1) is 0 Å². The summed E-state index contributed by atoms with van der Waals surface area (Å²) in [5.74, 6) is 0.554. The van der Waals surface area contributed by atoms with E-state index in [0.29, 0.717) is 12.4 Å². The Labute approximate surface area is 118 Å². The largest absolute Gasteiger partial charge is 0.481 e. The topological polar surface area (TPSA) is 63.2 Å². The lowest BCUT2D eigenvalue weighted by atomic mass is 10.2. The van der Waals surface area contributed by atoms with E-state index in [-0.39, 0.29) is 6.03 Å². The number of aromatic nitrogens is 1. The van der Waals surface area contributed by atoms with Crippen molar-refractivity contribution in [3.63, 3.8) is 0 Å². The fourth-order valence-electron chi connectivity index (χ4n) is 1.72. The summed E-state index contributed by atoms with van der Waals surface area (Å²) in [6.07, 6.45) is 1.67. The molecule has 0 radical (unpaired) electrons. The molecule has 0 saturated heterocycles. The zero-order chi connectivity index (χ0) is 14.4. The molecule has 0 saturated carbocycles. The van der Waals surface area contributed by atoms with E-state index in [1.165, 1.54) is 0 Å². The maximum atomic E-state index is 11.8. The first-order chi connectivity index (χ1) is 9.67. The van der Waals surface area contributed by atoms with Crippen LogP contribution in [0.1, 0.15) is 11.1 Å². The van der Waals surface area contributed by atoms with Crippen molar-refractivity contribution in [3.05, 3.63) is 53.7 Å². The third kappa shape index (κ3) is 3.98. The van der Waals surface area contributed by atoms with Crippen molar-refractivity contribution >= 4 is 11.7 Å².